The fourth-order valence-corrected chi connectivity index (χ4v) is 2.29. The van der Waals surface area contributed by atoms with E-state index < -0.39 is 12.0 Å². The van der Waals surface area contributed by atoms with Crippen LogP contribution in [0.15, 0.2) is 24.3 Å². The molecule has 1 amide bonds. The van der Waals surface area contributed by atoms with Crippen LogP contribution in [-0.2, 0) is 9.53 Å². The first kappa shape index (κ1) is 15.9. The molecule has 2 atom stereocenters. The van der Waals surface area contributed by atoms with E-state index in [0.29, 0.717) is 5.56 Å². The number of esters is 1. The number of benzene rings is 1. The predicted molar refractivity (Wildman–Crippen MR) is 81.9 cm³/mol. The van der Waals surface area contributed by atoms with Gasteiger partial charge in [0.2, 0.25) is 0 Å². The fraction of sp³-hybridized carbons (Fsp3) is 0.429. The highest BCUT2D eigenvalue weighted by Gasteiger charge is 2.27. The molecule has 0 aliphatic rings. The summed E-state index contributed by atoms with van der Waals surface area (Å²) < 4.78 is 5.60. The molecule has 0 fully saturated rings. The van der Waals surface area contributed by atoms with Gasteiger partial charge in [-0.1, -0.05) is 32.4 Å². The molecule has 19 heavy (non-hydrogen) atoms. The lowest BCUT2D eigenvalue weighted by Crippen LogP contribution is -2.45. The lowest BCUT2D eigenvalue weighted by Gasteiger charge is -2.22. The van der Waals surface area contributed by atoms with Crippen LogP contribution >= 0.6 is 22.6 Å². The van der Waals surface area contributed by atoms with Crippen LogP contribution in [0.4, 0.5) is 0 Å². The monoisotopic (exact) mass is 375 g/mol. The highest BCUT2D eigenvalue weighted by Crippen LogP contribution is 2.14. The Bertz CT molecular complexity index is 462. The number of rotatable bonds is 5. The van der Waals surface area contributed by atoms with Crippen LogP contribution in [0, 0.1) is 9.49 Å². The van der Waals surface area contributed by atoms with Crippen molar-refractivity contribution in [2.45, 2.75) is 26.3 Å². The Morgan fingerprint density at radius 2 is 2.00 bits per heavy atom. The molecule has 0 saturated heterocycles. The number of carbonyl (C=O) groups is 2. The van der Waals surface area contributed by atoms with Gasteiger partial charge in [0.1, 0.15) is 6.04 Å². The van der Waals surface area contributed by atoms with Gasteiger partial charge in [-0.15, -0.1) is 0 Å². The lowest BCUT2D eigenvalue weighted by molar-refractivity contribution is -0.144. The maximum absolute atomic E-state index is 12.2. The average Bonchev–Trinajstić information content (AvgIpc) is 2.43. The average molecular weight is 375 g/mol. The van der Waals surface area contributed by atoms with Crippen LogP contribution < -0.4 is 5.32 Å². The number of amides is 1. The molecule has 4 nitrogen and oxygen atoms in total. The molecular weight excluding hydrogens is 357 g/mol. The zero-order valence-electron chi connectivity index (χ0n) is 11.3. The SMILES string of the molecule is CC[C@H](C)[C@H](NC(=O)c1ccccc1I)C(=O)OC. The maximum Gasteiger partial charge on any atom is 0.328 e. The van der Waals surface area contributed by atoms with E-state index in [1.54, 1.807) is 12.1 Å². The van der Waals surface area contributed by atoms with Gasteiger partial charge < -0.3 is 10.1 Å². The summed E-state index contributed by atoms with van der Waals surface area (Å²) in [5.41, 5.74) is 0.570. The predicted octanol–water partition coefficient (Wildman–Crippen LogP) is 2.61. The minimum atomic E-state index is -0.612. The third-order valence-corrected chi connectivity index (χ3v) is 4.01. The molecule has 1 aromatic carbocycles. The first-order chi connectivity index (χ1) is 9.01. The molecule has 5 heteroatoms. The molecule has 0 aliphatic carbocycles. The summed E-state index contributed by atoms with van der Waals surface area (Å²) in [6, 6.07) is 6.64. The minimum absolute atomic E-state index is 0.0257. The molecule has 0 aromatic heterocycles. The van der Waals surface area contributed by atoms with E-state index in [4.69, 9.17) is 4.74 Å². The van der Waals surface area contributed by atoms with Crippen molar-refractivity contribution in [1.29, 1.82) is 0 Å². The number of carbonyl (C=O) groups excluding carboxylic acids is 2. The number of nitrogens with one attached hydrogen (secondary N) is 1. The number of ether oxygens (including phenoxy) is 1. The standard InChI is InChI=1S/C14H18INO3/c1-4-9(2)12(14(18)19-3)16-13(17)10-7-5-6-8-11(10)15/h5-9,12H,4H2,1-3H3,(H,16,17)/t9-,12-/m0/s1. The molecule has 1 rings (SSSR count). The first-order valence-electron chi connectivity index (χ1n) is 6.14. The van der Waals surface area contributed by atoms with Crippen LogP contribution in [0.1, 0.15) is 30.6 Å². The van der Waals surface area contributed by atoms with Gasteiger partial charge in [0.15, 0.2) is 0 Å². The first-order valence-corrected chi connectivity index (χ1v) is 7.22. The minimum Gasteiger partial charge on any atom is -0.467 e. The Morgan fingerprint density at radius 3 is 2.53 bits per heavy atom. The van der Waals surface area contributed by atoms with Crippen LogP contribution in [-0.4, -0.2) is 25.0 Å². The van der Waals surface area contributed by atoms with Gasteiger partial charge in [-0.3, -0.25) is 4.79 Å². The number of hydrogen-bond donors (Lipinski definition) is 1. The van der Waals surface area contributed by atoms with Crippen LogP contribution in [0.5, 0.6) is 0 Å². The van der Waals surface area contributed by atoms with E-state index in [0.717, 1.165) is 9.99 Å². The Morgan fingerprint density at radius 1 is 1.37 bits per heavy atom. The largest absolute Gasteiger partial charge is 0.467 e. The Labute approximate surface area is 127 Å². The van der Waals surface area contributed by atoms with Crippen molar-refractivity contribution in [2.24, 2.45) is 5.92 Å². The molecular formula is C14H18INO3. The van der Waals surface area contributed by atoms with Crippen molar-refractivity contribution in [3.8, 4) is 0 Å². The van der Waals surface area contributed by atoms with E-state index in [9.17, 15) is 9.59 Å². The summed E-state index contributed by atoms with van der Waals surface area (Å²) in [4.78, 5) is 23.9. The molecule has 0 aliphatic heterocycles. The topological polar surface area (TPSA) is 55.4 Å². The zero-order chi connectivity index (χ0) is 14.4. The van der Waals surface area contributed by atoms with Crippen LogP contribution in [0.3, 0.4) is 0 Å². The maximum atomic E-state index is 12.2. The summed E-state index contributed by atoms with van der Waals surface area (Å²) in [5, 5.41) is 2.76. The van der Waals surface area contributed by atoms with Crippen molar-refractivity contribution < 1.29 is 14.3 Å². The molecule has 0 spiro atoms. The van der Waals surface area contributed by atoms with Gasteiger partial charge in [0.25, 0.3) is 5.91 Å². The quantitative estimate of drug-likeness (QED) is 0.636. The van der Waals surface area contributed by atoms with Crippen molar-refractivity contribution >= 4 is 34.5 Å². The molecule has 1 aromatic rings. The van der Waals surface area contributed by atoms with Crippen molar-refractivity contribution in [3.05, 3.63) is 33.4 Å². The third-order valence-electron chi connectivity index (χ3n) is 3.07. The van der Waals surface area contributed by atoms with Gasteiger partial charge in [0.05, 0.1) is 12.7 Å². The zero-order valence-corrected chi connectivity index (χ0v) is 13.4. The molecule has 0 unspecified atom stereocenters. The fourth-order valence-electron chi connectivity index (χ4n) is 1.66. The van der Waals surface area contributed by atoms with Crippen molar-refractivity contribution in [3.63, 3.8) is 0 Å². The number of methoxy groups -OCH3 is 1. The summed E-state index contributed by atoms with van der Waals surface area (Å²) in [6.45, 7) is 3.89. The van der Waals surface area contributed by atoms with Gasteiger partial charge in [-0.05, 0) is 40.6 Å². The van der Waals surface area contributed by atoms with E-state index >= 15 is 0 Å². The lowest BCUT2D eigenvalue weighted by atomic mass is 9.99. The third kappa shape index (κ3) is 4.19. The smallest absolute Gasteiger partial charge is 0.328 e. The Hall–Kier alpha value is -1.11. The number of hydrogen-bond acceptors (Lipinski definition) is 3. The van der Waals surface area contributed by atoms with Crippen molar-refractivity contribution in [2.75, 3.05) is 7.11 Å². The summed E-state index contributed by atoms with van der Waals surface area (Å²) in [6.07, 6.45) is 0.784. The second-order valence-electron chi connectivity index (χ2n) is 4.34. The molecule has 0 saturated carbocycles. The van der Waals surface area contributed by atoms with E-state index in [1.165, 1.54) is 7.11 Å². The second kappa shape index (κ2) is 7.47. The van der Waals surface area contributed by atoms with E-state index in [1.807, 2.05) is 26.0 Å². The molecule has 0 bridgehead atoms. The molecule has 0 heterocycles. The highest BCUT2D eigenvalue weighted by atomic mass is 127. The summed E-state index contributed by atoms with van der Waals surface area (Å²) in [7, 11) is 1.33. The number of halogens is 1. The highest BCUT2D eigenvalue weighted by molar-refractivity contribution is 14.1. The summed E-state index contributed by atoms with van der Waals surface area (Å²) in [5.74, 6) is -0.632. The Balaban J connectivity index is 2.88. The Kier molecular flexibility index (Phi) is 6.27. The van der Waals surface area contributed by atoms with Crippen LogP contribution in [0.25, 0.3) is 0 Å². The van der Waals surface area contributed by atoms with E-state index in [2.05, 4.69) is 27.9 Å². The summed E-state index contributed by atoms with van der Waals surface area (Å²) >= 11 is 2.10. The van der Waals surface area contributed by atoms with E-state index in [-0.39, 0.29) is 11.8 Å². The van der Waals surface area contributed by atoms with Gasteiger partial charge in [-0.2, -0.15) is 0 Å². The second-order valence-corrected chi connectivity index (χ2v) is 5.50. The van der Waals surface area contributed by atoms with Gasteiger partial charge >= 0.3 is 5.97 Å². The van der Waals surface area contributed by atoms with Crippen LogP contribution in [0.2, 0.25) is 0 Å². The molecule has 104 valence electrons. The van der Waals surface area contributed by atoms with Crippen molar-refractivity contribution in [1.82, 2.24) is 5.32 Å². The molecule has 0 radical (unpaired) electrons. The molecule has 1 N–H and O–H groups in total. The van der Waals surface area contributed by atoms with Gasteiger partial charge in [-0.25, -0.2) is 4.79 Å². The van der Waals surface area contributed by atoms with Gasteiger partial charge in [0, 0.05) is 3.57 Å². The normalized spacial score (nSPS) is 13.5.